The van der Waals surface area contributed by atoms with Gasteiger partial charge in [-0.1, -0.05) is 23.9 Å². The van der Waals surface area contributed by atoms with E-state index in [1.807, 2.05) is 32.0 Å². The van der Waals surface area contributed by atoms with Gasteiger partial charge in [-0.15, -0.1) is 0 Å². The molecule has 0 saturated carbocycles. The Morgan fingerprint density at radius 2 is 1.81 bits per heavy atom. The van der Waals surface area contributed by atoms with E-state index in [0.717, 1.165) is 21.7 Å². The van der Waals surface area contributed by atoms with E-state index in [9.17, 15) is 18.4 Å². The van der Waals surface area contributed by atoms with Crippen molar-refractivity contribution in [2.45, 2.75) is 37.0 Å². The summed E-state index contributed by atoms with van der Waals surface area (Å²) in [4.78, 5) is 26.5. The zero-order valence-corrected chi connectivity index (χ0v) is 15.1. The molecule has 0 unspecified atom stereocenters. The summed E-state index contributed by atoms with van der Waals surface area (Å²) in [5.41, 5.74) is 3.26. The Morgan fingerprint density at radius 3 is 2.46 bits per heavy atom. The summed E-state index contributed by atoms with van der Waals surface area (Å²) in [6, 6.07) is 11.2. The molecule has 1 heterocycles. The van der Waals surface area contributed by atoms with Crippen molar-refractivity contribution in [1.29, 1.82) is 0 Å². The fraction of sp³-hybridized carbons (Fsp3) is 0.263. The molecule has 0 aromatic heterocycles. The quantitative estimate of drug-likeness (QED) is 0.622. The number of hydrogen-bond donors (Lipinski definition) is 1. The number of anilines is 2. The molecule has 3 rings (SSSR count). The van der Waals surface area contributed by atoms with Gasteiger partial charge in [-0.2, -0.15) is 8.78 Å². The van der Waals surface area contributed by atoms with E-state index < -0.39 is 11.8 Å². The number of benzene rings is 2. The second-order valence-electron chi connectivity index (χ2n) is 6.16. The van der Waals surface area contributed by atoms with Crippen LogP contribution in [0.2, 0.25) is 0 Å². The monoisotopic (exact) mass is 376 g/mol. The van der Waals surface area contributed by atoms with E-state index in [1.165, 1.54) is 24.3 Å². The summed E-state index contributed by atoms with van der Waals surface area (Å²) >= 11 is 0.422. The SMILES string of the molecule is Cc1ccc(C)c(N[C@@H]2CC(=O)N(c3ccc(SC(F)F)cc3)C2=O)c1. The van der Waals surface area contributed by atoms with Crippen molar-refractivity contribution in [3.8, 4) is 0 Å². The van der Waals surface area contributed by atoms with Crippen LogP contribution in [-0.2, 0) is 9.59 Å². The Bertz CT molecular complexity index is 840. The number of carbonyl (C=O) groups excluding carboxylic acids is 2. The van der Waals surface area contributed by atoms with Gasteiger partial charge in [0, 0.05) is 10.6 Å². The third-order valence-corrected chi connectivity index (χ3v) is 4.91. The number of imide groups is 1. The highest BCUT2D eigenvalue weighted by molar-refractivity contribution is 7.99. The topological polar surface area (TPSA) is 49.4 Å². The lowest BCUT2D eigenvalue weighted by Crippen LogP contribution is -2.34. The summed E-state index contributed by atoms with van der Waals surface area (Å²) in [5, 5.41) is 3.15. The molecule has 1 fully saturated rings. The molecule has 0 spiro atoms. The largest absolute Gasteiger partial charge is 0.373 e. The third kappa shape index (κ3) is 3.88. The normalized spacial score (nSPS) is 17.3. The first kappa shape index (κ1) is 18.4. The van der Waals surface area contributed by atoms with Crippen molar-refractivity contribution >= 4 is 35.0 Å². The molecular formula is C19H18F2N2O2S. The predicted octanol–water partition coefficient (Wildman–Crippen LogP) is 4.36. The molecule has 1 aliphatic rings. The smallest absolute Gasteiger partial charge is 0.288 e. The lowest BCUT2D eigenvalue weighted by molar-refractivity contribution is -0.121. The average Bonchev–Trinajstić information content (AvgIpc) is 2.85. The Hall–Kier alpha value is -2.41. The zero-order valence-electron chi connectivity index (χ0n) is 14.3. The standard InChI is InChI=1S/C19H18F2N2O2S/c1-11-3-4-12(2)15(9-11)22-16-10-17(24)23(18(16)25)13-5-7-14(8-6-13)26-19(20)21/h3-9,16,19,22H,10H2,1-2H3/t16-/m1/s1. The summed E-state index contributed by atoms with van der Waals surface area (Å²) in [5.74, 6) is -3.17. The summed E-state index contributed by atoms with van der Waals surface area (Å²) in [6.45, 7) is 3.89. The van der Waals surface area contributed by atoms with Crippen molar-refractivity contribution in [3.63, 3.8) is 0 Å². The number of hydrogen-bond acceptors (Lipinski definition) is 4. The highest BCUT2D eigenvalue weighted by atomic mass is 32.2. The van der Waals surface area contributed by atoms with Gasteiger partial charge < -0.3 is 5.32 Å². The fourth-order valence-electron chi connectivity index (χ4n) is 2.87. The van der Waals surface area contributed by atoms with Crippen LogP contribution < -0.4 is 10.2 Å². The van der Waals surface area contributed by atoms with Crippen LogP contribution in [0, 0.1) is 13.8 Å². The number of halogens is 2. The highest BCUT2D eigenvalue weighted by Gasteiger charge is 2.39. The number of carbonyl (C=O) groups is 2. The second kappa shape index (κ2) is 7.45. The molecule has 1 N–H and O–H groups in total. The van der Waals surface area contributed by atoms with Crippen molar-refractivity contribution < 1.29 is 18.4 Å². The number of amides is 2. The Morgan fingerprint density at radius 1 is 1.12 bits per heavy atom. The van der Waals surface area contributed by atoms with Gasteiger partial charge in [0.15, 0.2) is 0 Å². The molecule has 7 heteroatoms. The fourth-order valence-corrected chi connectivity index (χ4v) is 3.37. The van der Waals surface area contributed by atoms with E-state index in [4.69, 9.17) is 0 Å². The maximum atomic E-state index is 12.7. The van der Waals surface area contributed by atoms with Crippen molar-refractivity contribution in [2.24, 2.45) is 0 Å². The number of nitrogens with one attached hydrogen (secondary N) is 1. The zero-order chi connectivity index (χ0) is 18.8. The number of thioether (sulfide) groups is 1. The van der Waals surface area contributed by atoms with E-state index in [2.05, 4.69) is 5.32 Å². The van der Waals surface area contributed by atoms with E-state index in [1.54, 1.807) is 0 Å². The van der Waals surface area contributed by atoms with E-state index in [0.29, 0.717) is 22.3 Å². The Kier molecular flexibility index (Phi) is 5.27. The van der Waals surface area contributed by atoms with Crippen LogP contribution in [0.4, 0.5) is 20.2 Å². The van der Waals surface area contributed by atoms with Crippen LogP contribution in [0.15, 0.2) is 47.4 Å². The van der Waals surface area contributed by atoms with Gasteiger partial charge in [0.25, 0.3) is 11.7 Å². The number of rotatable bonds is 5. The number of alkyl halides is 2. The number of nitrogens with zero attached hydrogens (tertiary/aromatic N) is 1. The van der Waals surface area contributed by atoms with Gasteiger partial charge in [0.05, 0.1) is 12.1 Å². The van der Waals surface area contributed by atoms with Gasteiger partial charge in [0.1, 0.15) is 6.04 Å². The lowest BCUT2D eigenvalue weighted by atomic mass is 10.1. The van der Waals surface area contributed by atoms with Gasteiger partial charge >= 0.3 is 0 Å². The molecule has 4 nitrogen and oxygen atoms in total. The summed E-state index contributed by atoms with van der Waals surface area (Å²) < 4.78 is 24.8. The first-order chi connectivity index (χ1) is 12.3. The lowest BCUT2D eigenvalue weighted by Gasteiger charge is -2.17. The highest BCUT2D eigenvalue weighted by Crippen LogP contribution is 2.30. The molecular weight excluding hydrogens is 358 g/mol. The molecule has 0 radical (unpaired) electrons. The summed E-state index contributed by atoms with van der Waals surface area (Å²) in [7, 11) is 0. The van der Waals surface area contributed by atoms with Gasteiger partial charge in [-0.05, 0) is 55.3 Å². The minimum Gasteiger partial charge on any atom is -0.373 e. The molecule has 0 aliphatic carbocycles. The molecule has 1 saturated heterocycles. The molecule has 1 atom stereocenters. The first-order valence-corrected chi connectivity index (χ1v) is 8.98. The Labute approximate surface area is 154 Å². The molecule has 2 aromatic rings. The van der Waals surface area contributed by atoms with Crippen LogP contribution in [0.25, 0.3) is 0 Å². The molecule has 1 aliphatic heterocycles. The molecule has 0 bridgehead atoms. The van der Waals surface area contributed by atoms with Crippen molar-refractivity contribution in [3.05, 3.63) is 53.6 Å². The molecule has 2 aromatic carbocycles. The molecule has 136 valence electrons. The van der Waals surface area contributed by atoms with Gasteiger partial charge in [0.2, 0.25) is 5.91 Å². The maximum absolute atomic E-state index is 12.7. The molecule has 2 amide bonds. The predicted molar refractivity (Wildman–Crippen MR) is 98.7 cm³/mol. The van der Waals surface area contributed by atoms with Crippen LogP contribution in [0.5, 0.6) is 0 Å². The number of aryl methyl sites for hydroxylation is 2. The van der Waals surface area contributed by atoms with E-state index >= 15 is 0 Å². The van der Waals surface area contributed by atoms with Crippen LogP contribution in [0.3, 0.4) is 0 Å². The average molecular weight is 376 g/mol. The van der Waals surface area contributed by atoms with Crippen LogP contribution in [-0.4, -0.2) is 23.6 Å². The summed E-state index contributed by atoms with van der Waals surface area (Å²) in [6.07, 6.45) is 0.0553. The van der Waals surface area contributed by atoms with Crippen LogP contribution in [0.1, 0.15) is 17.5 Å². The minimum absolute atomic E-state index is 0.0553. The van der Waals surface area contributed by atoms with Gasteiger partial charge in [-0.3, -0.25) is 9.59 Å². The molecule has 26 heavy (non-hydrogen) atoms. The van der Waals surface area contributed by atoms with E-state index in [-0.39, 0.29) is 18.2 Å². The van der Waals surface area contributed by atoms with Crippen molar-refractivity contribution in [1.82, 2.24) is 0 Å². The van der Waals surface area contributed by atoms with Crippen LogP contribution >= 0.6 is 11.8 Å². The van der Waals surface area contributed by atoms with Crippen molar-refractivity contribution in [2.75, 3.05) is 10.2 Å². The maximum Gasteiger partial charge on any atom is 0.288 e. The van der Waals surface area contributed by atoms with Gasteiger partial charge in [-0.25, -0.2) is 4.90 Å². The Balaban J connectivity index is 1.77. The minimum atomic E-state index is -2.51. The first-order valence-electron chi connectivity index (χ1n) is 8.10. The second-order valence-corrected chi connectivity index (χ2v) is 7.22. The third-order valence-electron chi connectivity index (χ3n) is 4.19.